The van der Waals surface area contributed by atoms with Crippen molar-refractivity contribution < 1.29 is 14.6 Å². The zero-order chi connectivity index (χ0) is 11.4. The number of carboxylic acid groups (broad SMARTS) is 1. The molecule has 3 nitrogen and oxygen atoms in total. The topological polar surface area (TPSA) is 46.5 Å². The molecular weight excluding hydrogens is 239 g/mol. The summed E-state index contributed by atoms with van der Waals surface area (Å²) >= 11 is 11.5. The van der Waals surface area contributed by atoms with Crippen LogP contribution in [0.5, 0.6) is 0 Å². The van der Waals surface area contributed by atoms with Gasteiger partial charge in [0, 0.05) is 0 Å². The molecule has 1 rings (SSSR count). The molecule has 0 amide bonds. The number of halogens is 2. The fraction of sp³-hybridized carbons (Fsp3) is 0.300. The number of aliphatic carboxylic acids is 1. The lowest BCUT2D eigenvalue weighted by atomic mass is 10.2. The zero-order valence-corrected chi connectivity index (χ0v) is 9.55. The molecule has 15 heavy (non-hydrogen) atoms. The molecule has 0 unspecified atom stereocenters. The Labute approximate surface area is 97.6 Å². The lowest BCUT2D eigenvalue weighted by Crippen LogP contribution is -2.19. The van der Waals surface area contributed by atoms with E-state index in [2.05, 4.69) is 0 Å². The SMILES string of the molecule is C[C@@H](OCc1ccc(Cl)c(Cl)c1)C(=O)O. The molecule has 0 bridgehead atoms. The van der Waals surface area contributed by atoms with Gasteiger partial charge in [-0.1, -0.05) is 29.3 Å². The number of hydrogen-bond acceptors (Lipinski definition) is 2. The Hall–Kier alpha value is -0.770. The van der Waals surface area contributed by atoms with Gasteiger partial charge < -0.3 is 9.84 Å². The van der Waals surface area contributed by atoms with Gasteiger partial charge in [-0.3, -0.25) is 0 Å². The molecule has 0 saturated heterocycles. The first-order valence-electron chi connectivity index (χ1n) is 4.29. The van der Waals surface area contributed by atoms with Crippen LogP contribution >= 0.6 is 23.2 Å². The van der Waals surface area contributed by atoms with Crippen molar-refractivity contribution in [3.8, 4) is 0 Å². The molecule has 0 radical (unpaired) electrons. The third-order valence-electron chi connectivity index (χ3n) is 1.83. The number of carboxylic acids is 1. The third-order valence-corrected chi connectivity index (χ3v) is 2.57. The highest BCUT2D eigenvalue weighted by atomic mass is 35.5. The highest BCUT2D eigenvalue weighted by molar-refractivity contribution is 6.42. The monoisotopic (exact) mass is 248 g/mol. The summed E-state index contributed by atoms with van der Waals surface area (Å²) in [5, 5.41) is 9.48. The standard InChI is InChI=1S/C10H10Cl2O3/c1-6(10(13)14)15-5-7-2-3-8(11)9(12)4-7/h2-4,6H,5H2,1H3,(H,13,14)/t6-/m1/s1. The summed E-state index contributed by atoms with van der Waals surface area (Å²) in [5.74, 6) is -0.991. The van der Waals surface area contributed by atoms with E-state index in [-0.39, 0.29) is 6.61 Å². The second-order valence-electron chi connectivity index (χ2n) is 3.04. The van der Waals surface area contributed by atoms with E-state index in [1.165, 1.54) is 6.92 Å². The highest BCUT2D eigenvalue weighted by Gasteiger charge is 2.11. The molecule has 0 spiro atoms. The molecule has 0 aliphatic carbocycles. The number of hydrogen-bond donors (Lipinski definition) is 1. The van der Waals surface area contributed by atoms with Crippen LogP contribution in [0.15, 0.2) is 18.2 Å². The van der Waals surface area contributed by atoms with Gasteiger partial charge in [-0.25, -0.2) is 4.79 Å². The predicted octanol–water partition coefficient (Wildman–Crippen LogP) is 2.98. The van der Waals surface area contributed by atoms with Crippen LogP contribution in [0.4, 0.5) is 0 Å². The molecule has 0 aromatic heterocycles. The third kappa shape index (κ3) is 3.70. The second kappa shape index (κ2) is 5.35. The highest BCUT2D eigenvalue weighted by Crippen LogP contribution is 2.22. The van der Waals surface area contributed by atoms with Crippen LogP contribution in [-0.2, 0) is 16.1 Å². The summed E-state index contributed by atoms with van der Waals surface area (Å²) in [6.45, 7) is 1.67. The molecule has 1 aromatic carbocycles. The van der Waals surface area contributed by atoms with E-state index in [4.69, 9.17) is 33.0 Å². The Morgan fingerprint density at radius 3 is 2.67 bits per heavy atom. The first kappa shape index (κ1) is 12.3. The molecule has 1 atom stereocenters. The van der Waals surface area contributed by atoms with E-state index in [1.54, 1.807) is 18.2 Å². The van der Waals surface area contributed by atoms with Gasteiger partial charge in [-0.05, 0) is 24.6 Å². The molecule has 0 fully saturated rings. The summed E-state index contributed by atoms with van der Waals surface area (Å²) in [7, 11) is 0. The Kier molecular flexibility index (Phi) is 4.39. The fourth-order valence-corrected chi connectivity index (χ4v) is 1.24. The summed E-state index contributed by atoms with van der Waals surface area (Å²) in [4.78, 5) is 10.5. The maximum absolute atomic E-state index is 10.5. The van der Waals surface area contributed by atoms with Gasteiger partial charge in [0.25, 0.3) is 0 Å². The van der Waals surface area contributed by atoms with Gasteiger partial charge in [0.2, 0.25) is 0 Å². The number of ether oxygens (including phenoxy) is 1. The van der Waals surface area contributed by atoms with Crippen molar-refractivity contribution in [2.45, 2.75) is 19.6 Å². The first-order chi connectivity index (χ1) is 7.00. The molecule has 1 aromatic rings. The van der Waals surface area contributed by atoms with E-state index in [0.29, 0.717) is 10.0 Å². The molecule has 0 heterocycles. The van der Waals surface area contributed by atoms with Crippen LogP contribution in [0, 0.1) is 0 Å². The van der Waals surface area contributed by atoms with E-state index in [9.17, 15) is 4.79 Å². The molecule has 82 valence electrons. The molecule has 0 aliphatic rings. The molecule has 5 heteroatoms. The quantitative estimate of drug-likeness (QED) is 0.892. The van der Waals surface area contributed by atoms with Crippen molar-refractivity contribution in [1.29, 1.82) is 0 Å². The van der Waals surface area contributed by atoms with Gasteiger partial charge >= 0.3 is 5.97 Å². The van der Waals surface area contributed by atoms with Crippen molar-refractivity contribution in [3.05, 3.63) is 33.8 Å². The zero-order valence-electron chi connectivity index (χ0n) is 8.04. The summed E-state index contributed by atoms with van der Waals surface area (Å²) in [5.41, 5.74) is 0.789. The Morgan fingerprint density at radius 2 is 2.13 bits per heavy atom. The second-order valence-corrected chi connectivity index (χ2v) is 3.85. The van der Waals surface area contributed by atoms with Gasteiger partial charge in [0.15, 0.2) is 6.10 Å². The van der Waals surface area contributed by atoms with Crippen molar-refractivity contribution in [2.24, 2.45) is 0 Å². The van der Waals surface area contributed by atoms with Gasteiger partial charge in [0.1, 0.15) is 0 Å². The van der Waals surface area contributed by atoms with Crippen LogP contribution in [0.1, 0.15) is 12.5 Å². The van der Waals surface area contributed by atoms with Crippen LogP contribution in [0.2, 0.25) is 10.0 Å². The molecule has 0 aliphatic heterocycles. The van der Waals surface area contributed by atoms with Crippen molar-refractivity contribution >= 4 is 29.2 Å². The average Bonchev–Trinajstić information content (AvgIpc) is 2.19. The Balaban J connectivity index is 2.58. The Morgan fingerprint density at radius 1 is 1.47 bits per heavy atom. The molecule has 0 saturated carbocycles. The van der Waals surface area contributed by atoms with Crippen LogP contribution < -0.4 is 0 Å². The lowest BCUT2D eigenvalue weighted by Gasteiger charge is -2.08. The predicted molar refractivity (Wildman–Crippen MR) is 58.3 cm³/mol. The number of rotatable bonds is 4. The molecular formula is C10H10Cl2O3. The van der Waals surface area contributed by atoms with Crippen LogP contribution in [0.25, 0.3) is 0 Å². The largest absolute Gasteiger partial charge is 0.479 e. The first-order valence-corrected chi connectivity index (χ1v) is 5.04. The van der Waals surface area contributed by atoms with E-state index < -0.39 is 12.1 Å². The van der Waals surface area contributed by atoms with E-state index >= 15 is 0 Å². The summed E-state index contributed by atoms with van der Waals surface area (Å²) in [6.07, 6.45) is -0.834. The Bertz CT molecular complexity index is 366. The van der Waals surface area contributed by atoms with Crippen LogP contribution in [-0.4, -0.2) is 17.2 Å². The number of benzene rings is 1. The minimum atomic E-state index is -0.991. The smallest absolute Gasteiger partial charge is 0.332 e. The maximum Gasteiger partial charge on any atom is 0.332 e. The van der Waals surface area contributed by atoms with E-state index in [0.717, 1.165) is 5.56 Å². The average molecular weight is 249 g/mol. The van der Waals surface area contributed by atoms with E-state index in [1.807, 2.05) is 0 Å². The fourth-order valence-electron chi connectivity index (χ4n) is 0.922. The van der Waals surface area contributed by atoms with Crippen molar-refractivity contribution in [2.75, 3.05) is 0 Å². The normalized spacial score (nSPS) is 12.5. The lowest BCUT2D eigenvalue weighted by molar-refractivity contribution is -0.149. The van der Waals surface area contributed by atoms with Crippen molar-refractivity contribution in [3.63, 3.8) is 0 Å². The summed E-state index contributed by atoms with van der Waals surface area (Å²) < 4.78 is 5.08. The summed E-state index contributed by atoms with van der Waals surface area (Å²) in [6, 6.07) is 5.04. The minimum absolute atomic E-state index is 0.199. The van der Waals surface area contributed by atoms with Gasteiger partial charge in [-0.2, -0.15) is 0 Å². The van der Waals surface area contributed by atoms with Gasteiger partial charge in [-0.15, -0.1) is 0 Å². The van der Waals surface area contributed by atoms with Gasteiger partial charge in [0.05, 0.1) is 16.7 Å². The van der Waals surface area contributed by atoms with Crippen LogP contribution in [0.3, 0.4) is 0 Å². The molecule has 1 N–H and O–H groups in total. The minimum Gasteiger partial charge on any atom is -0.479 e. The number of carbonyl (C=O) groups is 1. The van der Waals surface area contributed by atoms with Crippen molar-refractivity contribution in [1.82, 2.24) is 0 Å². The maximum atomic E-state index is 10.5.